The fraction of sp³-hybridized carbons (Fsp3) is 0.200. The molecule has 1 aromatic rings. The van der Waals surface area contributed by atoms with E-state index in [0.717, 1.165) is 3.57 Å². The molecule has 6 heteroatoms. The Morgan fingerprint density at radius 2 is 1.94 bits per heavy atom. The van der Waals surface area contributed by atoms with E-state index in [1.54, 1.807) is 12.1 Å². The van der Waals surface area contributed by atoms with Gasteiger partial charge in [0.05, 0.1) is 6.61 Å². The molecule has 1 N–H and O–H groups in total. The van der Waals surface area contributed by atoms with Crippen molar-refractivity contribution in [1.29, 1.82) is 0 Å². The Bertz CT molecular complexity index is 377. The summed E-state index contributed by atoms with van der Waals surface area (Å²) in [6.45, 7) is -0.196. The van der Waals surface area contributed by atoms with Gasteiger partial charge < -0.3 is 14.6 Å². The highest BCUT2D eigenvalue weighted by Crippen LogP contribution is 2.11. The van der Waals surface area contributed by atoms with Gasteiger partial charge >= 0.3 is 6.09 Å². The fourth-order valence-corrected chi connectivity index (χ4v) is 1.27. The zero-order chi connectivity index (χ0) is 12.0. The summed E-state index contributed by atoms with van der Waals surface area (Å²) < 4.78 is 5.66. The summed E-state index contributed by atoms with van der Waals surface area (Å²) in [4.78, 5) is 21.2. The lowest BCUT2D eigenvalue weighted by Gasteiger charge is -2.07. The Balaban J connectivity index is 2.34. The Hall–Kier alpha value is -1.31. The van der Waals surface area contributed by atoms with Crippen molar-refractivity contribution in [3.8, 4) is 0 Å². The van der Waals surface area contributed by atoms with Gasteiger partial charge in [-0.15, -0.1) is 0 Å². The topological polar surface area (TPSA) is 78.5 Å². The average molecular weight is 334 g/mol. The number of aliphatic carboxylic acids is 1. The van der Waals surface area contributed by atoms with Gasteiger partial charge in [0.15, 0.2) is 0 Å². The van der Waals surface area contributed by atoms with Crippen molar-refractivity contribution in [2.75, 3.05) is 11.9 Å². The third-order valence-electron chi connectivity index (χ3n) is 1.63. The number of carbonyl (C=O) groups is 2. The highest BCUT2D eigenvalue weighted by molar-refractivity contribution is 14.1. The van der Waals surface area contributed by atoms with E-state index in [9.17, 15) is 14.7 Å². The SMILES string of the molecule is O=C([O-])CCOC(=O)Nc1ccc(I)cc1. The smallest absolute Gasteiger partial charge is 0.411 e. The molecule has 1 aromatic carbocycles. The number of amides is 1. The van der Waals surface area contributed by atoms with E-state index in [4.69, 9.17) is 0 Å². The second-order valence-corrected chi connectivity index (χ2v) is 4.14. The summed E-state index contributed by atoms with van der Waals surface area (Å²) in [5, 5.41) is 12.5. The first-order chi connectivity index (χ1) is 7.58. The summed E-state index contributed by atoms with van der Waals surface area (Å²) in [5.74, 6) is -1.25. The molecule has 1 rings (SSSR count). The highest BCUT2D eigenvalue weighted by Gasteiger charge is 2.02. The van der Waals surface area contributed by atoms with Crippen molar-refractivity contribution in [3.05, 3.63) is 27.8 Å². The summed E-state index contributed by atoms with van der Waals surface area (Å²) in [5.41, 5.74) is 0.596. The monoisotopic (exact) mass is 334 g/mol. The van der Waals surface area contributed by atoms with Gasteiger partial charge in [0, 0.05) is 21.6 Å². The van der Waals surface area contributed by atoms with Crippen molar-refractivity contribution in [3.63, 3.8) is 0 Å². The maximum atomic E-state index is 11.1. The van der Waals surface area contributed by atoms with Gasteiger partial charge in [-0.05, 0) is 46.9 Å². The van der Waals surface area contributed by atoms with Crippen molar-refractivity contribution in [2.24, 2.45) is 0 Å². The van der Waals surface area contributed by atoms with Crippen LogP contribution < -0.4 is 10.4 Å². The van der Waals surface area contributed by atoms with Gasteiger partial charge in [0.25, 0.3) is 0 Å². The molecule has 0 saturated heterocycles. The number of benzene rings is 1. The normalized spacial score (nSPS) is 9.56. The molecule has 1 amide bonds. The molecule has 0 bridgehead atoms. The van der Waals surface area contributed by atoms with Crippen LogP contribution >= 0.6 is 22.6 Å². The molecule has 0 spiro atoms. The molecular formula is C10H9INO4-. The molecule has 0 heterocycles. The van der Waals surface area contributed by atoms with Crippen molar-refractivity contribution < 1.29 is 19.4 Å². The lowest BCUT2D eigenvalue weighted by Crippen LogP contribution is -2.25. The predicted octanol–water partition coefficient (Wildman–Crippen LogP) is 0.980. The quantitative estimate of drug-likeness (QED) is 0.833. The third-order valence-corrected chi connectivity index (χ3v) is 2.35. The number of carbonyl (C=O) groups excluding carboxylic acids is 2. The summed E-state index contributed by atoms with van der Waals surface area (Å²) >= 11 is 2.14. The minimum Gasteiger partial charge on any atom is -0.550 e. The molecule has 0 radical (unpaired) electrons. The first-order valence-corrected chi connectivity index (χ1v) is 5.55. The zero-order valence-corrected chi connectivity index (χ0v) is 10.4. The Morgan fingerprint density at radius 3 is 2.50 bits per heavy atom. The lowest BCUT2D eigenvalue weighted by atomic mass is 10.3. The van der Waals surface area contributed by atoms with E-state index < -0.39 is 12.1 Å². The van der Waals surface area contributed by atoms with Gasteiger partial charge in [0.1, 0.15) is 0 Å². The number of halogens is 1. The van der Waals surface area contributed by atoms with Crippen LogP contribution in [0.2, 0.25) is 0 Å². The molecule has 5 nitrogen and oxygen atoms in total. The van der Waals surface area contributed by atoms with E-state index in [-0.39, 0.29) is 13.0 Å². The van der Waals surface area contributed by atoms with Gasteiger partial charge in [-0.3, -0.25) is 5.32 Å². The van der Waals surface area contributed by atoms with Crippen molar-refractivity contribution >= 4 is 40.3 Å². The fourth-order valence-electron chi connectivity index (χ4n) is 0.914. The number of nitrogens with one attached hydrogen (secondary N) is 1. The molecule has 0 unspecified atom stereocenters. The molecule has 0 aromatic heterocycles. The molecule has 0 fully saturated rings. The highest BCUT2D eigenvalue weighted by atomic mass is 127. The van der Waals surface area contributed by atoms with Crippen LogP contribution in [0.15, 0.2) is 24.3 Å². The number of carboxylic acids is 1. The van der Waals surface area contributed by atoms with E-state index in [1.165, 1.54) is 0 Å². The zero-order valence-electron chi connectivity index (χ0n) is 8.23. The van der Waals surface area contributed by atoms with Crippen molar-refractivity contribution in [2.45, 2.75) is 6.42 Å². The largest absolute Gasteiger partial charge is 0.550 e. The molecule has 86 valence electrons. The van der Waals surface area contributed by atoms with E-state index in [0.29, 0.717) is 5.69 Å². The molecule has 0 aliphatic heterocycles. The van der Waals surface area contributed by atoms with Crippen LogP contribution in [0, 0.1) is 3.57 Å². The van der Waals surface area contributed by atoms with E-state index in [2.05, 4.69) is 32.6 Å². The molecule has 0 saturated carbocycles. The van der Waals surface area contributed by atoms with Crippen LogP contribution in [0.1, 0.15) is 6.42 Å². The van der Waals surface area contributed by atoms with Gasteiger partial charge in [0.2, 0.25) is 0 Å². The predicted molar refractivity (Wildman–Crippen MR) is 63.8 cm³/mol. The molecule has 16 heavy (non-hydrogen) atoms. The van der Waals surface area contributed by atoms with E-state index in [1.807, 2.05) is 12.1 Å². The Labute approximate surface area is 106 Å². The Kier molecular flexibility index (Phi) is 5.03. The maximum absolute atomic E-state index is 11.1. The number of hydrogen-bond acceptors (Lipinski definition) is 4. The standard InChI is InChI=1S/C10H10INO4/c11-7-1-3-8(4-2-7)12-10(15)16-6-5-9(13)14/h1-4H,5-6H2,(H,12,15)(H,13,14)/p-1. The molecule has 0 atom stereocenters. The average Bonchev–Trinajstić information content (AvgIpc) is 2.21. The second kappa shape index (κ2) is 6.31. The van der Waals surface area contributed by atoms with Crippen LogP contribution in [-0.2, 0) is 9.53 Å². The van der Waals surface area contributed by atoms with Gasteiger partial charge in [-0.1, -0.05) is 0 Å². The van der Waals surface area contributed by atoms with Crippen molar-refractivity contribution in [1.82, 2.24) is 0 Å². The lowest BCUT2D eigenvalue weighted by molar-refractivity contribution is -0.306. The molecular weight excluding hydrogens is 325 g/mol. The minimum absolute atomic E-state index is 0.196. The second-order valence-electron chi connectivity index (χ2n) is 2.89. The van der Waals surface area contributed by atoms with Crippen LogP contribution in [0.3, 0.4) is 0 Å². The van der Waals surface area contributed by atoms with Crippen LogP contribution in [-0.4, -0.2) is 18.7 Å². The van der Waals surface area contributed by atoms with Gasteiger partial charge in [-0.2, -0.15) is 0 Å². The Morgan fingerprint density at radius 1 is 1.31 bits per heavy atom. The summed E-state index contributed by atoms with van der Waals surface area (Å²) in [6, 6.07) is 7.11. The number of hydrogen-bond donors (Lipinski definition) is 1. The summed E-state index contributed by atoms with van der Waals surface area (Å²) in [6.07, 6.45) is -0.984. The van der Waals surface area contributed by atoms with Gasteiger partial charge in [-0.25, -0.2) is 4.79 Å². The van der Waals surface area contributed by atoms with E-state index >= 15 is 0 Å². The third kappa shape index (κ3) is 4.96. The first kappa shape index (κ1) is 12.8. The number of anilines is 1. The number of carboxylic acid groups (broad SMARTS) is 1. The first-order valence-electron chi connectivity index (χ1n) is 4.47. The number of rotatable bonds is 4. The van der Waals surface area contributed by atoms with Crippen LogP contribution in [0.5, 0.6) is 0 Å². The minimum atomic E-state index is -1.25. The number of ether oxygens (including phenoxy) is 1. The maximum Gasteiger partial charge on any atom is 0.411 e. The van der Waals surface area contributed by atoms with Crippen LogP contribution in [0.4, 0.5) is 10.5 Å². The molecule has 0 aliphatic rings. The van der Waals surface area contributed by atoms with Crippen LogP contribution in [0.25, 0.3) is 0 Å². The molecule has 0 aliphatic carbocycles. The summed E-state index contributed by atoms with van der Waals surface area (Å²) in [7, 11) is 0.